The summed E-state index contributed by atoms with van der Waals surface area (Å²) in [6.07, 6.45) is 0.783. The van der Waals surface area contributed by atoms with E-state index >= 15 is 0 Å². The number of carbonyl (C=O) groups is 2. The van der Waals surface area contributed by atoms with Crippen LogP contribution in [-0.2, 0) is 29.3 Å². The second-order valence-corrected chi connectivity index (χ2v) is 8.22. The Morgan fingerprint density at radius 2 is 1.33 bits per heavy atom. The molecule has 5 heteroatoms. The van der Waals surface area contributed by atoms with Crippen molar-refractivity contribution in [2.24, 2.45) is 5.92 Å². The van der Waals surface area contributed by atoms with Crippen LogP contribution in [-0.4, -0.2) is 17.9 Å². The number of nitrogens with one attached hydrogen (secondary N) is 2. The van der Waals surface area contributed by atoms with Gasteiger partial charge in [-0.25, -0.2) is 0 Å². The van der Waals surface area contributed by atoms with Gasteiger partial charge < -0.3 is 15.4 Å². The minimum absolute atomic E-state index is 0.0156. The Bertz CT molecular complexity index is 1000. The van der Waals surface area contributed by atoms with Crippen LogP contribution < -0.4 is 10.6 Å². The molecular weight excluding hydrogens is 412 g/mol. The third-order valence-corrected chi connectivity index (χ3v) is 5.69. The molecule has 0 fully saturated rings. The minimum atomic E-state index is -0.589. The summed E-state index contributed by atoms with van der Waals surface area (Å²) in [5, 5.41) is 5.87. The van der Waals surface area contributed by atoms with Crippen LogP contribution in [0.2, 0.25) is 0 Å². The van der Waals surface area contributed by atoms with Crippen LogP contribution in [0.1, 0.15) is 47.3 Å². The van der Waals surface area contributed by atoms with Gasteiger partial charge in [-0.3, -0.25) is 9.59 Å². The molecule has 0 heterocycles. The summed E-state index contributed by atoms with van der Waals surface area (Å²) in [6, 6.07) is 26.4. The normalized spacial score (nSPS) is 12.5. The molecule has 0 saturated heterocycles. The first-order valence-electron chi connectivity index (χ1n) is 11.4. The molecule has 0 radical (unpaired) electrons. The predicted molar refractivity (Wildman–Crippen MR) is 130 cm³/mol. The van der Waals surface area contributed by atoms with E-state index in [1.807, 2.05) is 86.6 Å². The zero-order valence-electron chi connectivity index (χ0n) is 19.3. The quantitative estimate of drug-likeness (QED) is 0.444. The van der Waals surface area contributed by atoms with Gasteiger partial charge in [-0.1, -0.05) is 93.1 Å². The smallest absolute Gasteiger partial charge is 0.251 e. The SMILES string of the molecule is CCC(C)C(NC(=O)c1ccccc1)C(=O)NCc1ccc(COCc2ccccc2)cc1. The summed E-state index contributed by atoms with van der Waals surface area (Å²) >= 11 is 0. The van der Waals surface area contributed by atoms with E-state index in [1.165, 1.54) is 0 Å². The van der Waals surface area contributed by atoms with Crippen molar-refractivity contribution in [1.82, 2.24) is 10.6 Å². The van der Waals surface area contributed by atoms with Crippen molar-refractivity contribution in [3.8, 4) is 0 Å². The lowest BCUT2D eigenvalue weighted by Crippen LogP contribution is -2.50. The van der Waals surface area contributed by atoms with E-state index in [9.17, 15) is 9.59 Å². The topological polar surface area (TPSA) is 67.4 Å². The Morgan fingerprint density at radius 3 is 1.94 bits per heavy atom. The predicted octanol–water partition coefficient (Wildman–Crippen LogP) is 4.86. The molecule has 0 bridgehead atoms. The third-order valence-electron chi connectivity index (χ3n) is 5.69. The fourth-order valence-electron chi connectivity index (χ4n) is 3.43. The van der Waals surface area contributed by atoms with Crippen molar-refractivity contribution in [3.05, 3.63) is 107 Å². The van der Waals surface area contributed by atoms with Crippen LogP contribution >= 0.6 is 0 Å². The third kappa shape index (κ3) is 7.58. The van der Waals surface area contributed by atoms with Crippen LogP contribution in [0.3, 0.4) is 0 Å². The molecule has 33 heavy (non-hydrogen) atoms. The zero-order valence-corrected chi connectivity index (χ0v) is 19.3. The van der Waals surface area contributed by atoms with E-state index in [4.69, 9.17) is 4.74 Å². The number of hydrogen-bond donors (Lipinski definition) is 2. The van der Waals surface area contributed by atoms with Crippen LogP contribution in [0.25, 0.3) is 0 Å². The highest BCUT2D eigenvalue weighted by molar-refractivity contribution is 5.97. The van der Waals surface area contributed by atoms with Crippen molar-refractivity contribution in [2.75, 3.05) is 0 Å². The van der Waals surface area contributed by atoms with E-state index in [2.05, 4.69) is 10.6 Å². The molecule has 0 aromatic heterocycles. The lowest BCUT2D eigenvalue weighted by Gasteiger charge is -2.23. The molecule has 3 aromatic rings. The summed E-state index contributed by atoms with van der Waals surface area (Å²) in [5.41, 5.74) is 3.76. The molecule has 2 atom stereocenters. The molecule has 3 rings (SSSR count). The van der Waals surface area contributed by atoms with Crippen LogP contribution in [0.4, 0.5) is 0 Å². The monoisotopic (exact) mass is 444 g/mol. The molecule has 0 spiro atoms. The van der Waals surface area contributed by atoms with Crippen LogP contribution in [0.5, 0.6) is 0 Å². The van der Waals surface area contributed by atoms with Gasteiger partial charge in [0.2, 0.25) is 5.91 Å². The summed E-state index contributed by atoms with van der Waals surface area (Å²) in [7, 11) is 0. The Labute approximate surface area is 196 Å². The number of ether oxygens (including phenoxy) is 1. The van der Waals surface area contributed by atoms with Crippen molar-refractivity contribution in [2.45, 2.75) is 46.1 Å². The maximum atomic E-state index is 12.9. The van der Waals surface area contributed by atoms with Gasteiger partial charge in [0.25, 0.3) is 5.91 Å². The van der Waals surface area contributed by atoms with Gasteiger partial charge in [-0.05, 0) is 34.7 Å². The fourth-order valence-corrected chi connectivity index (χ4v) is 3.43. The van der Waals surface area contributed by atoms with E-state index in [0.29, 0.717) is 25.3 Å². The molecule has 0 aliphatic rings. The van der Waals surface area contributed by atoms with Gasteiger partial charge in [-0.15, -0.1) is 0 Å². The van der Waals surface area contributed by atoms with Gasteiger partial charge in [0, 0.05) is 12.1 Å². The molecule has 3 aromatic carbocycles. The van der Waals surface area contributed by atoms with Gasteiger partial charge in [-0.2, -0.15) is 0 Å². The Balaban J connectivity index is 1.50. The number of rotatable bonds is 11. The highest BCUT2D eigenvalue weighted by Crippen LogP contribution is 2.11. The van der Waals surface area contributed by atoms with Crippen molar-refractivity contribution >= 4 is 11.8 Å². The number of benzene rings is 3. The summed E-state index contributed by atoms with van der Waals surface area (Å²) in [5.74, 6) is -0.401. The van der Waals surface area contributed by atoms with E-state index in [1.54, 1.807) is 12.1 Å². The molecule has 0 aliphatic carbocycles. The molecule has 0 aliphatic heterocycles. The van der Waals surface area contributed by atoms with Gasteiger partial charge in [0.15, 0.2) is 0 Å². The molecule has 2 unspecified atom stereocenters. The maximum absolute atomic E-state index is 12.9. The molecule has 172 valence electrons. The second kappa shape index (κ2) is 12.6. The first kappa shape index (κ1) is 24.2. The highest BCUT2D eigenvalue weighted by Gasteiger charge is 2.26. The fraction of sp³-hybridized carbons (Fsp3) is 0.286. The lowest BCUT2D eigenvalue weighted by atomic mass is 9.97. The van der Waals surface area contributed by atoms with E-state index in [0.717, 1.165) is 23.1 Å². The van der Waals surface area contributed by atoms with E-state index < -0.39 is 6.04 Å². The zero-order chi connectivity index (χ0) is 23.5. The first-order valence-corrected chi connectivity index (χ1v) is 11.4. The Hall–Kier alpha value is -3.44. The molecule has 2 N–H and O–H groups in total. The number of carbonyl (C=O) groups excluding carboxylic acids is 2. The standard InChI is InChI=1S/C28H32N2O3/c1-3-21(2)26(30-27(31)25-12-8-5-9-13-25)28(32)29-18-22-14-16-24(17-15-22)20-33-19-23-10-6-4-7-11-23/h4-17,21,26H,3,18-20H2,1-2H3,(H,29,32)(H,30,31). The molecule has 2 amide bonds. The van der Waals surface area contributed by atoms with Crippen molar-refractivity contribution < 1.29 is 14.3 Å². The minimum Gasteiger partial charge on any atom is -0.372 e. The van der Waals surface area contributed by atoms with Gasteiger partial charge in [0.05, 0.1) is 13.2 Å². The molecule has 0 saturated carbocycles. The molecule has 5 nitrogen and oxygen atoms in total. The largest absolute Gasteiger partial charge is 0.372 e. The first-order chi connectivity index (χ1) is 16.1. The van der Waals surface area contributed by atoms with Crippen LogP contribution in [0.15, 0.2) is 84.9 Å². The highest BCUT2D eigenvalue weighted by atomic mass is 16.5. The van der Waals surface area contributed by atoms with Crippen molar-refractivity contribution in [3.63, 3.8) is 0 Å². The van der Waals surface area contributed by atoms with Crippen LogP contribution in [0, 0.1) is 5.92 Å². The second-order valence-electron chi connectivity index (χ2n) is 8.22. The summed E-state index contributed by atoms with van der Waals surface area (Å²) in [6.45, 7) is 5.49. The number of hydrogen-bond acceptors (Lipinski definition) is 3. The Kier molecular flexibility index (Phi) is 9.21. The lowest BCUT2D eigenvalue weighted by molar-refractivity contribution is -0.124. The average Bonchev–Trinajstić information content (AvgIpc) is 2.87. The molecular formula is C28H32N2O3. The number of amides is 2. The summed E-state index contributed by atoms with van der Waals surface area (Å²) < 4.78 is 5.78. The van der Waals surface area contributed by atoms with Gasteiger partial charge >= 0.3 is 0 Å². The maximum Gasteiger partial charge on any atom is 0.251 e. The Morgan fingerprint density at radius 1 is 0.788 bits per heavy atom. The van der Waals surface area contributed by atoms with E-state index in [-0.39, 0.29) is 17.7 Å². The van der Waals surface area contributed by atoms with Crippen molar-refractivity contribution in [1.29, 1.82) is 0 Å². The van der Waals surface area contributed by atoms with Gasteiger partial charge in [0.1, 0.15) is 6.04 Å². The average molecular weight is 445 g/mol. The summed E-state index contributed by atoms with van der Waals surface area (Å²) in [4.78, 5) is 25.4.